The Morgan fingerprint density at radius 2 is 1.94 bits per heavy atom. The third-order valence-electron chi connectivity index (χ3n) is 5.07. The molecule has 1 aliphatic rings. The number of rotatable bonds is 6. The van der Waals surface area contributed by atoms with Crippen LogP contribution >= 0.6 is 11.8 Å². The molecule has 0 radical (unpaired) electrons. The van der Waals surface area contributed by atoms with Crippen molar-refractivity contribution in [1.29, 1.82) is 0 Å². The van der Waals surface area contributed by atoms with Crippen molar-refractivity contribution in [1.82, 2.24) is 20.2 Å². The molecule has 2 amide bonds. The number of thioether (sulfide) groups is 1. The van der Waals surface area contributed by atoms with Crippen LogP contribution in [-0.4, -0.2) is 45.1 Å². The minimum absolute atomic E-state index is 0.0317. The van der Waals surface area contributed by atoms with Crippen molar-refractivity contribution in [3.63, 3.8) is 0 Å². The van der Waals surface area contributed by atoms with Crippen LogP contribution in [0.5, 0.6) is 0 Å². The molecule has 2 aromatic heterocycles. The van der Waals surface area contributed by atoms with Crippen molar-refractivity contribution in [2.75, 3.05) is 18.4 Å². The Hall–Kier alpha value is -3.14. The molecule has 162 valence electrons. The molecule has 0 unspecified atom stereocenters. The highest BCUT2D eigenvalue weighted by molar-refractivity contribution is 7.98. The number of aryl methyl sites for hydroxylation is 2. The number of carbonyl (C=O) groups is 2. The molecule has 1 saturated heterocycles. The summed E-state index contributed by atoms with van der Waals surface area (Å²) in [6.07, 6.45) is 1.20. The zero-order chi connectivity index (χ0) is 21.8. The van der Waals surface area contributed by atoms with Gasteiger partial charge in [0, 0.05) is 30.0 Å². The molecule has 1 aliphatic heterocycles. The Bertz CT molecular complexity index is 1070. The highest BCUT2D eigenvalue weighted by Crippen LogP contribution is 2.28. The summed E-state index contributed by atoms with van der Waals surface area (Å²) < 4.78 is 10.1. The molecule has 0 aliphatic carbocycles. The molecule has 0 spiro atoms. The minimum Gasteiger partial charge on any atom is -0.360 e. The van der Waals surface area contributed by atoms with Crippen molar-refractivity contribution in [2.45, 2.75) is 37.3 Å². The first-order chi connectivity index (χ1) is 15.0. The van der Waals surface area contributed by atoms with Gasteiger partial charge in [-0.15, -0.1) is 11.8 Å². The van der Waals surface area contributed by atoms with E-state index in [1.165, 1.54) is 11.8 Å². The summed E-state index contributed by atoms with van der Waals surface area (Å²) in [5.41, 5.74) is 0.643. The van der Waals surface area contributed by atoms with Crippen LogP contribution in [0.15, 0.2) is 44.3 Å². The van der Waals surface area contributed by atoms with Crippen LogP contribution in [0, 0.1) is 19.8 Å². The summed E-state index contributed by atoms with van der Waals surface area (Å²) >= 11 is 1.49. The Morgan fingerprint density at radius 1 is 1.16 bits per heavy atom. The van der Waals surface area contributed by atoms with Crippen molar-refractivity contribution < 1.29 is 18.6 Å². The van der Waals surface area contributed by atoms with E-state index in [-0.39, 0.29) is 17.7 Å². The Kier molecular flexibility index (Phi) is 6.36. The third-order valence-corrected chi connectivity index (χ3v) is 6.13. The molecule has 10 heteroatoms. The SMILES string of the molecule is Cc1noc(CSc2ccccc2C(=O)N2CCC(C(=O)Nc3cc(C)on3)CC2)n1. The van der Waals surface area contributed by atoms with E-state index in [0.717, 1.165) is 4.90 Å². The summed E-state index contributed by atoms with van der Waals surface area (Å²) in [6.45, 7) is 4.59. The highest BCUT2D eigenvalue weighted by atomic mass is 32.2. The van der Waals surface area contributed by atoms with E-state index in [1.54, 1.807) is 24.8 Å². The molecule has 0 bridgehead atoms. The molecule has 1 fully saturated rings. The van der Waals surface area contributed by atoms with Gasteiger partial charge in [-0.1, -0.05) is 22.4 Å². The van der Waals surface area contributed by atoms with Gasteiger partial charge in [0.15, 0.2) is 11.6 Å². The van der Waals surface area contributed by atoms with Crippen molar-refractivity contribution in [3.05, 3.63) is 53.4 Å². The topological polar surface area (TPSA) is 114 Å². The number of carbonyl (C=O) groups excluding carboxylic acids is 2. The van der Waals surface area contributed by atoms with Crippen LogP contribution in [0.4, 0.5) is 5.82 Å². The van der Waals surface area contributed by atoms with Gasteiger partial charge < -0.3 is 19.3 Å². The average Bonchev–Trinajstić information content (AvgIpc) is 3.39. The van der Waals surface area contributed by atoms with Gasteiger partial charge in [0.05, 0.1) is 11.3 Å². The molecule has 1 aromatic carbocycles. The number of amides is 2. The van der Waals surface area contributed by atoms with Crippen molar-refractivity contribution >= 4 is 29.4 Å². The lowest BCUT2D eigenvalue weighted by atomic mass is 9.95. The lowest BCUT2D eigenvalue weighted by Gasteiger charge is -2.31. The van der Waals surface area contributed by atoms with Crippen molar-refractivity contribution in [3.8, 4) is 0 Å². The number of likely N-dealkylation sites (tertiary alicyclic amines) is 1. The quantitative estimate of drug-likeness (QED) is 0.579. The first-order valence-electron chi connectivity index (χ1n) is 10.0. The predicted molar refractivity (Wildman–Crippen MR) is 114 cm³/mol. The fourth-order valence-corrected chi connectivity index (χ4v) is 4.36. The largest absolute Gasteiger partial charge is 0.360 e. The van der Waals surface area contributed by atoms with Gasteiger partial charge in [0.2, 0.25) is 11.8 Å². The number of hydrogen-bond donors (Lipinski definition) is 1. The van der Waals surface area contributed by atoms with Gasteiger partial charge >= 0.3 is 0 Å². The number of hydrogen-bond acceptors (Lipinski definition) is 8. The predicted octanol–water partition coefficient (Wildman–Crippen LogP) is 3.46. The lowest BCUT2D eigenvalue weighted by Crippen LogP contribution is -2.41. The summed E-state index contributed by atoms with van der Waals surface area (Å²) in [6, 6.07) is 9.19. The third kappa shape index (κ3) is 5.13. The van der Waals surface area contributed by atoms with E-state index in [2.05, 4.69) is 20.6 Å². The molecule has 0 atom stereocenters. The molecule has 0 saturated carbocycles. The van der Waals surface area contributed by atoms with Gasteiger partial charge in [-0.3, -0.25) is 9.59 Å². The molecular formula is C21H23N5O4S. The molecule has 3 heterocycles. The second-order valence-electron chi connectivity index (χ2n) is 7.40. The normalized spacial score (nSPS) is 14.6. The van der Waals surface area contributed by atoms with E-state index in [4.69, 9.17) is 9.05 Å². The van der Waals surface area contributed by atoms with Gasteiger partial charge in [0.1, 0.15) is 5.76 Å². The lowest BCUT2D eigenvalue weighted by molar-refractivity contribution is -0.121. The van der Waals surface area contributed by atoms with Crippen LogP contribution in [0.2, 0.25) is 0 Å². The Balaban J connectivity index is 1.34. The number of anilines is 1. The number of nitrogens with one attached hydrogen (secondary N) is 1. The number of nitrogens with zero attached hydrogens (tertiary/aromatic N) is 4. The fourth-order valence-electron chi connectivity index (χ4n) is 3.48. The smallest absolute Gasteiger partial charge is 0.254 e. The van der Waals surface area contributed by atoms with E-state index < -0.39 is 0 Å². The summed E-state index contributed by atoms with van der Waals surface area (Å²) in [7, 11) is 0. The number of piperidine rings is 1. The zero-order valence-corrected chi connectivity index (χ0v) is 18.1. The average molecular weight is 442 g/mol. The maximum absolute atomic E-state index is 13.1. The number of benzene rings is 1. The van der Waals surface area contributed by atoms with Crippen LogP contribution in [0.3, 0.4) is 0 Å². The molecule has 3 aromatic rings. The van der Waals surface area contributed by atoms with Crippen LogP contribution in [0.1, 0.15) is 40.7 Å². The Morgan fingerprint density at radius 3 is 2.61 bits per heavy atom. The van der Waals surface area contributed by atoms with Gasteiger partial charge in [-0.2, -0.15) is 4.98 Å². The van der Waals surface area contributed by atoms with Gasteiger partial charge in [0.25, 0.3) is 5.91 Å². The number of aromatic nitrogens is 3. The zero-order valence-electron chi connectivity index (χ0n) is 17.3. The molecule has 1 N–H and O–H groups in total. The van der Waals surface area contributed by atoms with Crippen LogP contribution < -0.4 is 5.32 Å². The first kappa shape index (κ1) is 21.1. The maximum Gasteiger partial charge on any atom is 0.254 e. The molecule has 4 rings (SSSR count). The van der Waals surface area contributed by atoms with Crippen molar-refractivity contribution in [2.24, 2.45) is 5.92 Å². The standard InChI is InChI=1S/C21H23N5O4S/c1-13-11-18(25-29-13)23-20(27)15-7-9-26(10-8-15)21(28)16-5-3-4-6-17(16)31-12-19-22-14(2)24-30-19/h3-6,11,15H,7-10,12H2,1-2H3,(H,23,25,27). The monoisotopic (exact) mass is 441 g/mol. The van der Waals surface area contributed by atoms with Gasteiger partial charge in [-0.05, 0) is 38.8 Å². The van der Waals surface area contributed by atoms with E-state index >= 15 is 0 Å². The first-order valence-corrected chi connectivity index (χ1v) is 11.0. The molecule has 31 heavy (non-hydrogen) atoms. The molecule has 9 nitrogen and oxygen atoms in total. The van der Waals surface area contributed by atoms with Crippen LogP contribution in [0.25, 0.3) is 0 Å². The highest BCUT2D eigenvalue weighted by Gasteiger charge is 2.29. The summed E-state index contributed by atoms with van der Waals surface area (Å²) in [4.78, 5) is 32.5. The maximum atomic E-state index is 13.1. The fraction of sp³-hybridized carbons (Fsp3) is 0.381. The molecular weight excluding hydrogens is 418 g/mol. The van der Waals surface area contributed by atoms with E-state index in [0.29, 0.717) is 60.5 Å². The second-order valence-corrected chi connectivity index (χ2v) is 8.42. The summed E-state index contributed by atoms with van der Waals surface area (Å²) in [5.74, 6) is 2.39. The van der Waals surface area contributed by atoms with Crippen LogP contribution in [-0.2, 0) is 10.5 Å². The second kappa shape index (κ2) is 9.34. The summed E-state index contributed by atoms with van der Waals surface area (Å²) in [5, 5.41) is 10.4. The Labute approximate surface area is 183 Å². The minimum atomic E-state index is -0.161. The van der Waals surface area contributed by atoms with Gasteiger partial charge in [-0.25, -0.2) is 0 Å². The van der Waals surface area contributed by atoms with E-state index in [1.807, 2.05) is 24.3 Å². The van der Waals surface area contributed by atoms with E-state index in [9.17, 15) is 9.59 Å².